The molecule has 0 atom stereocenters. The van der Waals surface area contributed by atoms with Gasteiger partial charge in [0.1, 0.15) is 11.2 Å². The van der Waals surface area contributed by atoms with Crippen molar-refractivity contribution in [1.82, 2.24) is 4.57 Å². The topological polar surface area (TPSA) is 18.1 Å². The van der Waals surface area contributed by atoms with E-state index in [1.165, 1.54) is 92.6 Å². The number of para-hydroxylation sites is 2. The van der Waals surface area contributed by atoms with Crippen LogP contribution in [-0.2, 0) is 5.41 Å². The Kier molecular flexibility index (Phi) is 4.91. The molecule has 0 radical (unpaired) electrons. The maximum Gasteiger partial charge on any atom is 0.136 e. The second-order valence-corrected chi connectivity index (χ2v) is 15.3. The van der Waals surface area contributed by atoms with E-state index >= 15 is 0 Å². The number of hydrogen-bond acceptors (Lipinski definition) is 1. The van der Waals surface area contributed by atoms with Gasteiger partial charge in [0.05, 0.1) is 11.0 Å². The normalized spacial score (nSPS) is 25.2. The van der Waals surface area contributed by atoms with Crippen molar-refractivity contribution in [2.24, 2.45) is 23.7 Å². The Morgan fingerprint density at radius 2 is 1.10 bits per heavy atom. The van der Waals surface area contributed by atoms with Gasteiger partial charge in [0.25, 0.3) is 0 Å². The predicted molar refractivity (Wildman–Crippen MR) is 197 cm³/mol. The number of rotatable bonds is 2. The van der Waals surface area contributed by atoms with Crippen molar-refractivity contribution in [2.75, 3.05) is 0 Å². The third-order valence-corrected chi connectivity index (χ3v) is 13.2. The zero-order valence-corrected chi connectivity index (χ0v) is 26.8. The van der Waals surface area contributed by atoms with Gasteiger partial charge in [0, 0.05) is 32.6 Å². The van der Waals surface area contributed by atoms with Gasteiger partial charge in [-0.3, -0.25) is 0 Å². The molecule has 230 valence electrons. The fourth-order valence-corrected chi connectivity index (χ4v) is 11.8. The number of benzene rings is 6. The number of aromatic nitrogens is 1. The molecule has 2 heteroatoms. The highest BCUT2D eigenvalue weighted by Crippen LogP contribution is 2.69. The maximum atomic E-state index is 6.34. The minimum atomic E-state index is 0.192. The van der Waals surface area contributed by atoms with Crippen molar-refractivity contribution in [2.45, 2.75) is 37.5 Å². The molecule has 2 nitrogen and oxygen atoms in total. The largest absolute Gasteiger partial charge is 0.456 e. The molecule has 8 aromatic rings. The summed E-state index contributed by atoms with van der Waals surface area (Å²) in [7, 11) is 0. The molecule has 5 aliphatic carbocycles. The summed E-state index contributed by atoms with van der Waals surface area (Å²) in [5.74, 6) is 3.46. The average Bonchev–Trinajstić information content (AvgIpc) is 3.77. The summed E-state index contributed by atoms with van der Waals surface area (Å²) in [5, 5.41) is 4.93. The van der Waals surface area contributed by atoms with Crippen LogP contribution in [0.25, 0.3) is 71.7 Å². The summed E-state index contributed by atoms with van der Waals surface area (Å²) in [4.78, 5) is 0. The van der Waals surface area contributed by atoms with Gasteiger partial charge in [-0.2, -0.15) is 0 Å². The van der Waals surface area contributed by atoms with E-state index in [0.29, 0.717) is 0 Å². The predicted octanol–water partition coefficient (Wildman–Crippen LogP) is 12.1. The zero-order valence-electron chi connectivity index (χ0n) is 26.8. The summed E-state index contributed by atoms with van der Waals surface area (Å²) in [6.45, 7) is 0. The van der Waals surface area contributed by atoms with Crippen LogP contribution in [0.3, 0.4) is 0 Å². The molecule has 4 bridgehead atoms. The van der Waals surface area contributed by atoms with Crippen molar-refractivity contribution >= 4 is 43.7 Å². The van der Waals surface area contributed by atoms with Gasteiger partial charge in [-0.25, -0.2) is 0 Å². The van der Waals surface area contributed by atoms with Crippen molar-refractivity contribution in [3.05, 3.63) is 139 Å². The standard InChI is InChI=1S/C46H35NO/c1-4-14-38-32(9-1)37-26-31(19-20-39(37)46(38)29-22-27-21-28(24-29)25-30(46)23-27)47-40-15-5-2-10-35(40)44-33(12-7-16-41(44)47)34-13-8-18-43-45(34)36-11-3-6-17-42(36)48-43/h1-20,26-30H,21-25H2. The van der Waals surface area contributed by atoms with Gasteiger partial charge >= 0.3 is 0 Å². The van der Waals surface area contributed by atoms with Crippen molar-refractivity contribution < 1.29 is 4.42 Å². The zero-order chi connectivity index (χ0) is 31.1. The average molecular weight is 618 g/mol. The van der Waals surface area contributed by atoms with Gasteiger partial charge in [0.15, 0.2) is 0 Å². The first-order valence-electron chi connectivity index (χ1n) is 17.9. The van der Waals surface area contributed by atoms with E-state index in [9.17, 15) is 0 Å². The Morgan fingerprint density at radius 3 is 1.96 bits per heavy atom. The first-order chi connectivity index (χ1) is 23.8. The van der Waals surface area contributed by atoms with Crippen LogP contribution in [0.5, 0.6) is 0 Å². The van der Waals surface area contributed by atoms with Crippen molar-refractivity contribution in [3.63, 3.8) is 0 Å². The molecule has 1 spiro atoms. The van der Waals surface area contributed by atoms with Crippen LogP contribution in [0.15, 0.2) is 132 Å². The van der Waals surface area contributed by atoms with Crippen LogP contribution in [0, 0.1) is 23.7 Å². The first kappa shape index (κ1) is 25.9. The molecular formula is C46H35NO. The highest BCUT2D eigenvalue weighted by Gasteiger charge is 2.61. The lowest BCUT2D eigenvalue weighted by molar-refractivity contribution is -0.0399. The molecule has 0 aliphatic heterocycles. The second kappa shape index (κ2) is 9.08. The molecule has 0 N–H and O–H groups in total. The Morgan fingerprint density at radius 1 is 0.479 bits per heavy atom. The summed E-state index contributed by atoms with van der Waals surface area (Å²) in [6.07, 6.45) is 7.14. The minimum absolute atomic E-state index is 0.192. The Balaban J connectivity index is 1.11. The molecule has 6 aromatic carbocycles. The van der Waals surface area contributed by atoms with Crippen molar-refractivity contribution in [1.29, 1.82) is 0 Å². The smallest absolute Gasteiger partial charge is 0.136 e. The monoisotopic (exact) mass is 617 g/mol. The van der Waals surface area contributed by atoms with Gasteiger partial charge in [-0.1, -0.05) is 91.0 Å². The van der Waals surface area contributed by atoms with Crippen LogP contribution < -0.4 is 0 Å². The first-order valence-corrected chi connectivity index (χ1v) is 17.9. The molecule has 13 rings (SSSR count). The maximum absolute atomic E-state index is 6.34. The Bertz CT molecular complexity index is 2620. The molecule has 4 fully saturated rings. The highest BCUT2D eigenvalue weighted by atomic mass is 16.3. The molecule has 2 aromatic heterocycles. The van der Waals surface area contributed by atoms with Crippen LogP contribution in [0.1, 0.15) is 43.2 Å². The molecule has 4 saturated carbocycles. The van der Waals surface area contributed by atoms with E-state index in [0.717, 1.165) is 34.8 Å². The summed E-state index contributed by atoms with van der Waals surface area (Å²) in [6, 6.07) is 47.8. The van der Waals surface area contributed by atoms with Crippen LogP contribution in [-0.4, -0.2) is 4.57 Å². The lowest BCUT2D eigenvalue weighted by Gasteiger charge is -2.61. The van der Waals surface area contributed by atoms with Crippen molar-refractivity contribution in [3.8, 4) is 27.9 Å². The van der Waals surface area contributed by atoms with Gasteiger partial charge in [-0.15, -0.1) is 0 Å². The minimum Gasteiger partial charge on any atom is -0.456 e. The van der Waals surface area contributed by atoms with Gasteiger partial charge in [0.2, 0.25) is 0 Å². The second-order valence-electron chi connectivity index (χ2n) is 15.3. The molecular weight excluding hydrogens is 583 g/mol. The fourth-order valence-electron chi connectivity index (χ4n) is 11.8. The van der Waals surface area contributed by atoms with Crippen LogP contribution in [0.2, 0.25) is 0 Å². The number of furan rings is 1. The van der Waals surface area contributed by atoms with Crippen LogP contribution in [0.4, 0.5) is 0 Å². The molecule has 5 aliphatic rings. The summed E-state index contributed by atoms with van der Waals surface area (Å²) >= 11 is 0. The number of nitrogens with zero attached hydrogens (tertiary/aromatic N) is 1. The van der Waals surface area contributed by atoms with Gasteiger partial charge < -0.3 is 8.98 Å². The molecule has 0 amide bonds. The third kappa shape index (κ3) is 3.10. The van der Waals surface area contributed by atoms with E-state index in [2.05, 4.69) is 132 Å². The molecule has 48 heavy (non-hydrogen) atoms. The van der Waals surface area contributed by atoms with Crippen LogP contribution >= 0.6 is 0 Å². The lowest BCUT2D eigenvalue weighted by Crippen LogP contribution is -2.55. The molecule has 0 unspecified atom stereocenters. The van der Waals surface area contributed by atoms with E-state index in [4.69, 9.17) is 4.42 Å². The Hall–Kier alpha value is -5.08. The van der Waals surface area contributed by atoms with E-state index in [1.54, 1.807) is 11.1 Å². The third-order valence-electron chi connectivity index (χ3n) is 13.2. The lowest BCUT2D eigenvalue weighted by atomic mass is 9.43. The highest BCUT2D eigenvalue weighted by molar-refractivity contribution is 6.21. The van der Waals surface area contributed by atoms with E-state index in [-0.39, 0.29) is 5.41 Å². The Labute approximate surface area is 279 Å². The SMILES string of the molecule is c1ccc2c(c1)-c1cc(-n3c4ccccc4c4c(-c5cccc6oc7ccccc7c56)cccc43)ccc1C21C2CC3CC(C2)CC1C3. The molecule has 0 saturated heterocycles. The number of hydrogen-bond donors (Lipinski definition) is 0. The van der Waals surface area contributed by atoms with E-state index in [1.807, 2.05) is 0 Å². The summed E-state index contributed by atoms with van der Waals surface area (Å²) in [5.41, 5.74) is 14.4. The van der Waals surface area contributed by atoms with Gasteiger partial charge in [-0.05, 0) is 126 Å². The number of fused-ring (bicyclic) bond motifs is 9. The quantitative estimate of drug-likeness (QED) is 0.189. The summed E-state index contributed by atoms with van der Waals surface area (Å²) < 4.78 is 8.86. The fraction of sp³-hybridized carbons (Fsp3) is 0.217. The van der Waals surface area contributed by atoms with E-state index < -0.39 is 0 Å². The molecule has 2 heterocycles.